The molecule has 0 heterocycles. The average molecular weight is 2010 g/mol. The van der Waals surface area contributed by atoms with Crippen LogP contribution in [0.5, 0.6) is 0 Å². The molecule has 0 bridgehead atoms. The summed E-state index contributed by atoms with van der Waals surface area (Å²) in [6, 6.07) is 0. The van der Waals surface area contributed by atoms with E-state index in [1.165, 1.54) is 141 Å². The van der Waals surface area contributed by atoms with Gasteiger partial charge in [-0.25, -0.2) is 8.78 Å². The van der Waals surface area contributed by atoms with Crippen molar-refractivity contribution in [3.8, 4) is 0 Å². The maximum atomic E-state index is 12.7. The van der Waals surface area contributed by atoms with Gasteiger partial charge in [-0.05, 0) is 380 Å². The summed E-state index contributed by atoms with van der Waals surface area (Å²) < 4.78 is 176. The van der Waals surface area contributed by atoms with Gasteiger partial charge in [-0.15, -0.1) is 0 Å². The van der Waals surface area contributed by atoms with Crippen LogP contribution in [0, 0.1) is 197 Å². The van der Waals surface area contributed by atoms with Gasteiger partial charge in [-0.1, -0.05) is 357 Å². The van der Waals surface area contributed by atoms with Crippen LogP contribution in [0.3, 0.4) is 0 Å². The summed E-state index contributed by atoms with van der Waals surface area (Å²) in [7, 11) is 0. The smallest absolute Gasteiger partial charge is 0.207 e. The minimum absolute atomic E-state index is 0.0570. The van der Waals surface area contributed by atoms with Crippen molar-refractivity contribution in [2.45, 2.75) is 606 Å². The summed E-state index contributed by atoms with van der Waals surface area (Å²) in [6.07, 6.45) is 26.6. The zero-order valence-electron chi connectivity index (χ0n) is 101. The second-order valence-corrected chi connectivity index (χ2v) is 65.3. The topological polar surface area (TPSA) is 0 Å². The van der Waals surface area contributed by atoms with Crippen molar-refractivity contribution in [1.29, 1.82) is 0 Å². The van der Waals surface area contributed by atoms with E-state index >= 15 is 0 Å². The van der Waals surface area contributed by atoms with Crippen LogP contribution >= 0.6 is 0 Å². The monoisotopic (exact) mass is 2010 g/mol. The highest BCUT2D eigenvalue weighted by Crippen LogP contribution is 2.71. The van der Waals surface area contributed by atoms with Gasteiger partial charge in [0.2, 0.25) is 5.92 Å². The average Bonchev–Trinajstić information content (AvgIpc) is 1.51. The van der Waals surface area contributed by atoms with Gasteiger partial charge in [0, 0.05) is 12.8 Å². The van der Waals surface area contributed by atoms with E-state index in [2.05, 4.69) is 235 Å². The van der Waals surface area contributed by atoms with Crippen molar-refractivity contribution in [2.75, 3.05) is 0 Å². The zero-order chi connectivity index (χ0) is 109. The molecule has 0 aromatic carbocycles. The Morgan fingerprint density at radius 3 is 0.629 bits per heavy atom. The molecule has 0 saturated heterocycles. The second kappa shape index (κ2) is 46.1. The van der Waals surface area contributed by atoms with Crippen molar-refractivity contribution < 1.29 is 61.5 Å². The molecule has 0 unspecified atom stereocenters. The van der Waals surface area contributed by atoms with Crippen molar-refractivity contribution in [1.82, 2.24) is 0 Å². The van der Waals surface area contributed by atoms with Crippen LogP contribution in [-0.4, -0.2) is 30.6 Å². The van der Waals surface area contributed by atoms with Crippen LogP contribution < -0.4 is 0 Å². The number of rotatable bonds is 11. The number of hydrogen-bond donors (Lipinski definition) is 0. The molecule has 0 nitrogen and oxygen atoms in total. The Morgan fingerprint density at radius 2 is 0.543 bits per heavy atom. The predicted molar refractivity (Wildman–Crippen MR) is 575 cm³/mol. The lowest BCUT2D eigenvalue weighted by atomic mass is 9.46. The van der Waals surface area contributed by atoms with Crippen LogP contribution in [0.1, 0.15) is 575 Å². The lowest BCUT2D eigenvalue weighted by molar-refractivity contribution is -0.286. The first-order valence-corrected chi connectivity index (χ1v) is 57.7. The van der Waals surface area contributed by atoms with Crippen LogP contribution in [0.25, 0.3) is 0 Å². The normalized spacial score (nSPS) is 24.7. The van der Waals surface area contributed by atoms with E-state index in [0.717, 1.165) is 108 Å². The fourth-order valence-electron chi connectivity index (χ4n) is 25.6. The Hall–Kier alpha value is -0.980. The molecule has 16 rings (SSSR count). The molecule has 16 fully saturated rings. The first kappa shape index (κ1) is 131. The third-order valence-corrected chi connectivity index (χ3v) is 39.8. The molecule has 16 aliphatic rings. The van der Waals surface area contributed by atoms with Gasteiger partial charge >= 0.3 is 24.7 Å². The summed E-state index contributed by atoms with van der Waals surface area (Å²) in [6.45, 7) is 101. The van der Waals surface area contributed by atoms with E-state index in [0.29, 0.717) is 117 Å². The first-order valence-electron chi connectivity index (χ1n) is 57.7. The molecule has 0 radical (unpaired) electrons. The molecule has 2 spiro atoms. The lowest BCUT2D eigenvalue weighted by Crippen LogP contribution is -2.55. The number of halogens is 14. The van der Waals surface area contributed by atoms with Gasteiger partial charge in [0.25, 0.3) is 0 Å². The molecular weight excluding hydrogens is 1780 g/mol. The maximum absolute atomic E-state index is 12.7. The van der Waals surface area contributed by atoms with Crippen molar-refractivity contribution >= 4 is 0 Å². The van der Waals surface area contributed by atoms with E-state index in [1.54, 1.807) is 54.4 Å². The standard InChI is InChI=1S/C11H18F2.2C11H20.C10H17F3.3C10H20.2C9H15F3.3C9H18.C8H13F3/c1-9(2,3)8-4-10(5-8)6-11(12,13)7-10;1-11(2,3)10(8-4-5-8)9-6-7-9;1-10(2,3)9-7-11(8-9)5-4-6-11;1-8(2,3)7-9(5-4-6-9)10(11,12)13;1-9(2,3)10(4,5)8-6-7-8;2*1-5-9(8-6-7-8)10(2,3)4;1-7(2,3)6-8(4-5-8)9(10,11)12;1-7(2,3)8(5-4-6-8)9(10,11)12;1-8(2,3)9(4)6-5-7-9;2*1-7(8-5-6-8)9(2,3)4;1-6(2,3)7(4-5-7)8(9,10)11/h8H,4-7H2,1-3H3;8-10H,4-7H2,1-3H3;9H,4-8H2,1-3H3;4-7H2,1-3H3;8H,6-7H2,1-5H3;2*8-9H,5-7H2,1-4H3;2*4-6H2,1-3H3;5-7H2,1-4H3;2*7-8H,5-6H2,1-4H3;4-5H2,1-3H3/t;;;;;2*9-;;;;2*7-;/m.....10...10./s1. The molecule has 0 aromatic rings. The zero-order valence-corrected chi connectivity index (χ0v) is 101. The fraction of sp³-hybridized carbons (Fsp3) is 1.00. The Balaban J connectivity index is 0.000000317. The lowest BCUT2D eigenvalue weighted by Gasteiger charge is -2.60. The van der Waals surface area contributed by atoms with Crippen molar-refractivity contribution in [2.24, 2.45) is 197 Å². The molecule has 4 atom stereocenters. The molecule has 16 saturated carbocycles. The van der Waals surface area contributed by atoms with E-state index in [1.807, 2.05) is 41.5 Å². The Bertz CT molecular complexity index is 3460. The van der Waals surface area contributed by atoms with Crippen LogP contribution in [0.4, 0.5) is 61.5 Å². The molecule has 14 heteroatoms. The van der Waals surface area contributed by atoms with Gasteiger partial charge in [0.1, 0.15) is 0 Å². The SMILES string of the molecule is CC(C)(C)C(C)(C)C1CC1.CC(C)(C)C(C1CC1)C1CC1.CC(C)(C)C1(C(F)(F)F)CC1.CC(C)(C)C1(C(F)(F)F)CCC1.CC(C)(C)C1(C)CCC1.CC(C)(C)C1CC2(C1)CC(F)(F)C2.CC(C)(C)C1CC2(CCC2)C1.CC(C)(C)CC1(C(F)(F)F)CC1.CC(C)(C)CC1(C(F)(F)F)CCC1.CC[C@@H](C1CC1)C(C)(C)C.CC[C@H](C1CC1)C(C)(C)C.C[C@@H](C1CC1)C(C)(C)C.C[C@H](C1CC1)C(C)(C)C. The molecule has 834 valence electrons. The second-order valence-electron chi connectivity index (χ2n) is 65.3. The molecule has 0 aromatic heterocycles. The maximum Gasteiger partial charge on any atom is 0.395 e. The molecule has 140 heavy (non-hydrogen) atoms. The van der Waals surface area contributed by atoms with Gasteiger partial charge in [-0.3, -0.25) is 0 Å². The molecular formula is C126H232F14. The van der Waals surface area contributed by atoms with E-state index in [-0.39, 0.29) is 41.9 Å². The van der Waals surface area contributed by atoms with Crippen molar-refractivity contribution in [3.05, 3.63) is 0 Å². The summed E-state index contributed by atoms with van der Waals surface area (Å²) in [5.41, 5.74) is -0.362. The molecule has 16 aliphatic carbocycles. The quantitative estimate of drug-likeness (QED) is 0.181. The van der Waals surface area contributed by atoms with E-state index in [9.17, 15) is 61.5 Å². The first-order chi connectivity index (χ1) is 62.0. The van der Waals surface area contributed by atoms with Crippen LogP contribution in [0.15, 0.2) is 0 Å². The van der Waals surface area contributed by atoms with Gasteiger partial charge < -0.3 is 0 Å². The van der Waals surface area contributed by atoms with Gasteiger partial charge in [0.05, 0.1) is 21.7 Å². The van der Waals surface area contributed by atoms with Gasteiger partial charge in [-0.2, -0.15) is 52.7 Å². The third-order valence-electron chi connectivity index (χ3n) is 39.8. The highest BCUT2D eigenvalue weighted by molar-refractivity contribution is 5.11. The minimum Gasteiger partial charge on any atom is -0.207 e. The van der Waals surface area contributed by atoms with Crippen molar-refractivity contribution in [3.63, 3.8) is 0 Å². The molecule has 0 amide bonds. The van der Waals surface area contributed by atoms with Gasteiger partial charge in [0.15, 0.2) is 0 Å². The highest BCUT2D eigenvalue weighted by atomic mass is 19.4. The fourth-order valence-corrected chi connectivity index (χ4v) is 25.6. The largest absolute Gasteiger partial charge is 0.395 e. The number of hydrogen-bond acceptors (Lipinski definition) is 0. The minimum atomic E-state index is -4.02. The number of alkyl halides is 14. The summed E-state index contributed by atoms with van der Waals surface area (Å²) in [5, 5.41) is 0. The summed E-state index contributed by atoms with van der Waals surface area (Å²) >= 11 is 0. The highest BCUT2D eigenvalue weighted by Gasteiger charge is 2.70. The Morgan fingerprint density at radius 1 is 0.271 bits per heavy atom. The van der Waals surface area contributed by atoms with Crippen LogP contribution in [0.2, 0.25) is 0 Å². The molecule has 0 aliphatic heterocycles. The van der Waals surface area contributed by atoms with E-state index in [4.69, 9.17) is 0 Å². The predicted octanol–water partition coefficient (Wildman–Crippen LogP) is 45.8. The summed E-state index contributed by atoms with van der Waals surface area (Å²) in [5.74, 6) is 11.7. The Kier molecular flexibility index (Phi) is 43.3. The summed E-state index contributed by atoms with van der Waals surface area (Å²) in [4.78, 5) is 0. The third kappa shape index (κ3) is 39.3. The molecule has 0 N–H and O–H groups in total. The van der Waals surface area contributed by atoms with E-state index < -0.39 is 63.1 Å². The van der Waals surface area contributed by atoms with Crippen LogP contribution in [-0.2, 0) is 0 Å². The Labute approximate surface area is 859 Å².